The number of methoxy groups -OCH3 is 1. The molecule has 20 heavy (non-hydrogen) atoms. The Hall–Kier alpha value is -2.17. The topological polar surface area (TPSA) is 70.5 Å². The van der Waals surface area contributed by atoms with Crippen molar-refractivity contribution in [2.45, 2.75) is 26.8 Å². The summed E-state index contributed by atoms with van der Waals surface area (Å²) in [6.45, 7) is 5.72. The normalized spacial score (nSPS) is 10.2. The SMILES string of the molecule is COC(=O)c1cccc(C(=O)N(CC(C)=N)C(C)C)c1. The van der Waals surface area contributed by atoms with Gasteiger partial charge >= 0.3 is 5.97 Å². The predicted molar refractivity (Wildman–Crippen MR) is 77.4 cm³/mol. The zero-order valence-corrected chi connectivity index (χ0v) is 12.3. The fourth-order valence-electron chi connectivity index (χ4n) is 1.81. The van der Waals surface area contributed by atoms with Gasteiger partial charge in [0.05, 0.1) is 19.2 Å². The molecule has 5 nitrogen and oxygen atoms in total. The lowest BCUT2D eigenvalue weighted by molar-refractivity contribution is 0.0600. The summed E-state index contributed by atoms with van der Waals surface area (Å²) in [5.74, 6) is -0.670. The number of hydrogen-bond acceptors (Lipinski definition) is 4. The second kappa shape index (κ2) is 6.84. The second-order valence-corrected chi connectivity index (χ2v) is 4.88. The van der Waals surface area contributed by atoms with E-state index in [9.17, 15) is 9.59 Å². The van der Waals surface area contributed by atoms with E-state index in [0.29, 0.717) is 16.8 Å². The first kappa shape index (κ1) is 15.9. The molecule has 1 aromatic carbocycles. The third kappa shape index (κ3) is 3.91. The van der Waals surface area contributed by atoms with Crippen LogP contribution in [0.25, 0.3) is 0 Å². The Labute approximate surface area is 119 Å². The first-order valence-corrected chi connectivity index (χ1v) is 6.40. The molecule has 0 unspecified atom stereocenters. The van der Waals surface area contributed by atoms with Crippen molar-refractivity contribution in [2.24, 2.45) is 0 Å². The van der Waals surface area contributed by atoms with Crippen LogP contribution in [0.4, 0.5) is 0 Å². The first-order valence-electron chi connectivity index (χ1n) is 6.40. The summed E-state index contributed by atoms with van der Waals surface area (Å²) < 4.78 is 4.65. The van der Waals surface area contributed by atoms with E-state index in [2.05, 4.69) is 4.74 Å². The average Bonchev–Trinajstić information content (AvgIpc) is 2.42. The summed E-state index contributed by atoms with van der Waals surface area (Å²) in [7, 11) is 1.30. The summed E-state index contributed by atoms with van der Waals surface area (Å²) in [5.41, 5.74) is 1.17. The van der Waals surface area contributed by atoms with Crippen molar-refractivity contribution in [3.8, 4) is 0 Å². The van der Waals surface area contributed by atoms with Crippen LogP contribution in [0.2, 0.25) is 0 Å². The Morgan fingerprint density at radius 3 is 2.40 bits per heavy atom. The molecule has 0 spiro atoms. The van der Waals surface area contributed by atoms with E-state index in [1.165, 1.54) is 13.2 Å². The zero-order chi connectivity index (χ0) is 15.3. The van der Waals surface area contributed by atoms with Gasteiger partial charge in [0.1, 0.15) is 0 Å². The van der Waals surface area contributed by atoms with Crippen molar-refractivity contribution >= 4 is 17.6 Å². The van der Waals surface area contributed by atoms with Crippen molar-refractivity contribution in [2.75, 3.05) is 13.7 Å². The van der Waals surface area contributed by atoms with Crippen LogP contribution in [0.1, 0.15) is 41.5 Å². The number of nitrogens with one attached hydrogen (secondary N) is 1. The zero-order valence-electron chi connectivity index (χ0n) is 12.3. The summed E-state index contributed by atoms with van der Waals surface area (Å²) in [6, 6.07) is 6.40. The number of amides is 1. The molecule has 0 bridgehead atoms. The van der Waals surface area contributed by atoms with E-state index < -0.39 is 5.97 Å². The van der Waals surface area contributed by atoms with E-state index in [1.807, 2.05) is 13.8 Å². The van der Waals surface area contributed by atoms with Crippen LogP contribution in [0.3, 0.4) is 0 Å². The lowest BCUT2D eigenvalue weighted by Crippen LogP contribution is -2.40. The van der Waals surface area contributed by atoms with Gasteiger partial charge in [-0.1, -0.05) is 6.07 Å². The van der Waals surface area contributed by atoms with Crippen molar-refractivity contribution in [3.05, 3.63) is 35.4 Å². The van der Waals surface area contributed by atoms with Crippen molar-refractivity contribution in [1.82, 2.24) is 4.90 Å². The van der Waals surface area contributed by atoms with Crippen molar-refractivity contribution in [3.63, 3.8) is 0 Å². The molecule has 1 amide bonds. The highest BCUT2D eigenvalue weighted by Gasteiger charge is 2.20. The van der Waals surface area contributed by atoms with Crippen LogP contribution in [0, 0.1) is 5.41 Å². The average molecular weight is 276 g/mol. The Balaban J connectivity index is 3.06. The minimum atomic E-state index is -0.473. The molecule has 1 rings (SSSR count). The predicted octanol–water partition coefficient (Wildman–Crippen LogP) is 2.36. The van der Waals surface area contributed by atoms with Crippen LogP contribution in [0.5, 0.6) is 0 Å². The van der Waals surface area contributed by atoms with Gasteiger partial charge in [-0.15, -0.1) is 0 Å². The summed E-state index contributed by atoms with van der Waals surface area (Å²) >= 11 is 0. The fourth-order valence-corrected chi connectivity index (χ4v) is 1.81. The van der Waals surface area contributed by atoms with E-state index in [1.54, 1.807) is 30.0 Å². The Kier molecular flexibility index (Phi) is 5.43. The molecule has 0 aliphatic heterocycles. The maximum Gasteiger partial charge on any atom is 0.337 e. The molecule has 0 aliphatic carbocycles. The van der Waals surface area contributed by atoms with Crippen LogP contribution < -0.4 is 0 Å². The summed E-state index contributed by atoms with van der Waals surface area (Å²) in [6.07, 6.45) is 0. The van der Waals surface area contributed by atoms with Crippen LogP contribution in [0.15, 0.2) is 24.3 Å². The molecule has 0 atom stereocenters. The number of carbonyl (C=O) groups is 2. The lowest BCUT2D eigenvalue weighted by atomic mass is 10.1. The van der Waals surface area contributed by atoms with Gasteiger partial charge in [0.2, 0.25) is 0 Å². The summed E-state index contributed by atoms with van der Waals surface area (Å²) in [5, 5.41) is 7.55. The maximum absolute atomic E-state index is 12.5. The monoisotopic (exact) mass is 276 g/mol. The van der Waals surface area contributed by atoms with E-state index >= 15 is 0 Å². The minimum Gasteiger partial charge on any atom is -0.465 e. The Bertz CT molecular complexity index is 524. The van der Waals surface area contributed by atoms with Gasteiger partial charge in [0, 0.05) is 17.3 Å². The van der Waals surface area contributed by atoms with Gasteiger partial charge < -0.3 is 15.0 Å². The van der Waals surface area contributed by atoms with Crippen LogP contribution in [-0.2, 0) is 4.74 Å². The van der Waals surface area contributed by atoms with E-state index in [4.69, 9.17) is 5.41 Å². The molecule has 5 heteroatoms. The van der Waals surface area contributed by atoms with Gasteiger partial charge in [0.25, 0.3) is 5.91 Å². The largest absolute Gasteiger partial charge is 0.465 e. The highest BCUT2D eigenvalue weighted by molar-refractivity contribution is 5.99. The highest BCUT2D eigenvalue weighted by Crippen LogP contribution is 2.12. The molecule has 1 aromatic rings. The molecule has 0 aliphatic rings. The van der Waals surface area contributed by atoms with Crippen LogP contribution in [-0.4, -0.2) is 42.2 Å². The third-order valence-electron chi connectivity index (χ3n) is 2.82. The van der Waals surface area contributed by atoms with Gasteiger partial charge in [-0.25, -0.2) is 4.79 Å². The molecule has 0 saturated carbocycles. The van der Waals surface area contributed by atoms with Crippen molar-refractivity contribution < 1.29 is 14.3 Å². The van der Waals surface area contributed by atoms with E-state index in [-0.39, 0.29) is 18.5 Å². The summed E-state index contributed by atoms with van der Waals surface area (Å²) in [4.78, 5) is 25.5. The number of benzene rings is 1. The molecular formula is C15H20N2O3. The Morgan fingerprint density at radius 1 is 1.30 bits per heavy atom. The molecule has 1 N–H and O–H groups in total. The van der Waals surface area contributed by atoms with E-state index in [0.717, 1.165) is 0 Å². The molecule has 0 heterocycles. The number of ether oxygens (including phenoxy) is 1. The lowest BCUT2D eigenvalue weighted by Gasteiger charge is -2.26. The van der Waals surface area contributed by atoms with Gasteiger partial charge in [-0.3, -0.25) is 4.79 Å². The van der Waals surface area contributed by atoms with Crippen LogP contribution >= 0.6 is 0 Å². The molecule has 0 radical (unpaired) electrons. The number of hydrogen-bond donors (Lipinski definition) is 1. The quantitative estimate of drug-likeness (QED) is 0.663. The Morgan fingerprint density at radius 2 is 1.90 bits per heavy atom. The van der Waals surface area contributed by atoms with Gasteiger partial charge in [0.15, 0.2) is 0 Å². The molecule has 0 fully saturated rings. The maximum atomic E-state index is 12.5. The number of carbonyl (C=O) groups excluding carboxylic acids is 2. The number of rotatable bonds is 5. The molecule has 0 saturated heterocycles. The fraction of sp³-hybridized carbons (Fsp3) is 0.400. The van der Waals surface area contributed by atoms with Gasteiger partial charge in [-0.05, 0) is 39.0 Å². The third-order valence-corrected chi connectivity index (χ3v) is 2.82. The number of nitrogens with zero attached hydrogens (tertiary/aromatic N) is 1. The number of esters is 1. The standard InChI is InChI=1S/C15H20N2O3/c1-10(2)17(9-11(3)16)14(18)12-6-5-7-13(8-12)15(19)20-4/h5-8,10,16H,9H2,1-4H3. The second-order valence-electron chi connectivity index (χ2n) is 4.88. The molecule has 108 valence electrons. The minimum absolute atomic E-state index is 0.0235. The molecule has 0 aromatic heterocycles. The van der Waals surface area contributed by atoms with Gasteiger partial charge in [-0.2, -0.15) is 0 Å². The smallest absolute Gasteiger partial charge is 0.337 e. The highest BCUT2D eigenvalue weighted by atomic mass is 16.5. The molecular weight excluding hydrogens is 256 g/mol. The van der Waals surface area contributed by atoms with Crippen molar-refractivity contribution in [1.29, 1.82) is 5.41 Å². The first-order chi connectivity index (χ1) is 9.36.